The van der Waals surface area contributed by atoms with Crippen molar-refractivity contribution in [3.05, 3.63) is 70.2 Å². The van der Waals surface area contributed by atoms with Crippen molar-refractivity contribution in [1.29, 1.82) is 0 Å². The SMILES string of the molecule is NC(=O)[C@H](Cc1cccc(Cl)c1)NC(=O)Cc1c(F)cccc1F. The molecule has 4 nitrogen and oxygen atoms in total. The average Bonchev–Trinajstić information content (AvgIpc) is 2.50. The number of carbonyl (C=O) groups excluding carboxylic acids is 2. The predicted octanol–water partition coefficient (Wildman–Crippen LogP) is 2.37. The van der Waals surface area contributed by atoms with Crippen LogP contribution in [0, 0.1) is 11.6 Å². The molecule has 0 aliphatic heterocycles. The van der Waals surface area contributed by atoms with Crippen LogP contribution >= 0.6 is 11.6 Å². The molecule has 0 saturated carbocycles. The van der Waals surface area contributed by atoms with E-state index < -0.39 is 35.9 Å². The molecule has 24 heavy (non-hydrogen) atoms. The molecule has 0 unspecified atom stereocenters. The number of benzene rings is 2. The summed E-state index contributed by atoms with van der Waals surface area (Å²) in [4.78, 5) is 23.5. The summed E-state index contributed by atoms with van der Waals surface area (Å²) in [5.41, 5.74) is 5.63. The second-order valence-electron chi connectivity index (χ2n) is 5.23. The molecular formula is C17H15ClF2N2O2. The van der Waals surface area contributed by atoms with Crippen molar-refractivity contribution >= 4 is 23.4 Å². The lowest BCUT2D eigenvalue weighted by molar-refractivity contribution is -0.127. The number of nitrogens with two attached hydrogens (primary N) is 1. The molecule has 2 amide bonds. The standard InChI is InChI=1S/C17H15ClF2N2O2/c18-11-4-1-3-10(7-11)8-15(17(21)24)22-16(23)9-12-13(19)5-2-6-14(12)20/h1-7,15H,8-9H2,(H2,21,24)(H,22,23)/t15-/m0/s1. The minimum absolute atomic E-state index is 0.126. The van der Waals surface area contributed by atoms with E-state index in [9.17, 15) is 18.4 Å². The number of hydrogen-bond acceptors (Lipinski definition) is 2. The molecule has 2 aromatic carbocycles. The molecule has 3 N–H and O–H groups in total. The van der Waals surface area contributed by atoms with E-state index >= 15 is 0 Å². The van der Waals surface area contributed by atoms with Gasteiger partial charge in [-0.05, 0) is 29.8 Å². The van der Waals surface area contributed by atoms with Crippen molar-refractivity contribution in [3.63, 3.8) is 0 Å². The lowest BCUT2D eigenvalue weighted by atomic mass is 10.0. The van der Waals surface area contributed by atoms with E-state index in [0.29, 0.717) is 10.6 Å². The number of nitrogens with one attached hydrogen (secondary N) is 1. The average molecular weight is 353 g/mol. The number of amides is 2. The van der Waals surface area contributed by atoms with Gasteiger partial charge in [-0.3, -0.25) is 9.59 Å². The fraction of sp³-hybridized carbons (Fsp3) is 0.176. The molecule has 7 heteroatoms. The lowest BCUT2D eigenvalue weighted by Crippen LogP contribution is -2.46. The Morgan fingerprint density at radius 1 is 1.12 bits per heavy atom. The van der Waals surface area contributed by atoms with Gasteiger partial charge < -0.3 is 11.1 Å². The molecular weight excluding hydrogens is 338 g/mol. The summed E-state index contributed by atoms with van der Waals surface area (Å²) in [7, 11) is 0. The lowest BCUT2D eigenvalue weighted by Gasteiger charge is -2.16. The summed E-state index contributed by atoms with van der Waals surface area (Å²) in [6.45, 7) is 0. The number of carbonyl (C=O) groups is 2. The first-order valence-corrected chi connectivity index (χ1v) is 7.50. The minimum atomic E-state index is -1.01. The van der Waals surface area contributed by atoms with E-state index in [4.69, 9.17) is 17.3 Å². The van der Waals surface area contributed by atoms with Gasteiger partial charge >= 0.3 is 0 Å². The number of rotatable bonds is 6. The Hall–Kier alpha value is -2.47. The maximum absolute atomic E-state index is 13.6. The molecule has 0 spiro atoms. The van der Waals surface area contributed by atoms with Crippen molar-refractivity contribution in [2.24, 2.45) is 5.73 Å². The van der Waals surface area contributed by atoms with Gasteiger partial charge in [-0.15, -0.1) is 0 Å². The summed E-state index contributed by atoms with van der Waals surface area (Å²) in [6.07, 6.45) is -0.404. The Morgan fingerprint density at radius 2 is 1.75 bits per heavy atom. The third kappa shape index (κ3) is 4.76. The van der Waals surface area contributed by atoms with E-state index in [-0.39, 0.29) is 12.0 Å². The molecule has 2 rings (SSSR count). The Labute approximate surface area is 142 Å². The van der Waals surface area contributed by atoms with Crippen LogP contribution in [0.2, 0.25) is 5.02 Å². The highest BCUT2D eigenvalue weighted by Gasteiger charge is 2.20. The topological polar surface area (TPSA) is 72.2 Å². The third-order valence-corrected chi connectivity index (χ3v) is 3.64. The summed E-state index contributed by atoms with van der Waals surface area (Å²) in [5, 5.41) is 2.88. The van der Waals surface area contributed by atoms with Gasteiger partial charge in [0.1, 0.15) is 17.7 Å². The van der Waals surface area contributed by atoms with Gasteiger partial charge in [-0.1, -0.05) is 29.8 Å². The highest BCUT2D eigenvalue weighted by molar-refractivity contribution is 6.30. The summed E-state index contributed by atoms with van der Waals surface area (Å²) in [6, 6.07) is 9.05. The molecule has 1 atom stereocenters. The third-order valence-electron chi connectivity index (χ3n) is 3.41. The van der Waals surface area contributed by atoms with E-state index in [1.54, 1.807) is 24.3 Å². The number of primary amides is 1. The maximum Gasteiger partial charge on any atom is 0.240 e. The van der Waals surface area contributed by atoms with E-state index in [2.05, 4.69) is 5.32 Å². The van der Waals surface area contributed by atoms with Gasteiger partial charge in [0.2, 0.25) is 11.8 Å². The largest absolute Gasteiger partial charge is 0.368 e. The molecule has 2 aromatic rings. The molecule has 0 aliphatic carbocycles. The zero-order valence-electron chi connectivity index (χ0n) is 12.6. The predicted molar refractivity (Wildman–Crippen MR) is 86.3 cm³/mol. The molecule has 0 heterocycles. The van der Waals surface area contributed by atoms with Crippen molar-refractivity contribution in [3.8, 4) is 0 Å². The van der Waals surface area contributed by atoms with Crippen LogP contribution in [0.25, 0.3) is 0 Å². The summed E-state index contributed by atoms with van der Waals surface area (Å²) < 4.78 is 27.1. The molecule has 0 saturated heterocycles. The maximum atomic E-state index is 13.6. The first-order valence-electron chi connectivity index (χ1n) is 7.13. The number of halogens is 3. The smallest absolute Gasteiger partial charge is 0.240 e. The molecule has 126 valence electrons. The molecule has 0 bridgehead atoms. The van der Waals surface area contributed by atoms with E-state index in [1.165, 1.54) is 6.07 Å². The second-order valence-corrected chi connectivity index (χ2v) is 5.67. The molecule has 0 fully saturated rings. The van der Waals surface area contributed by atoms with Crippen LogP contribution in [0.5, 0.6) is 0 Å². The zero-order valence-corrected chi connectivity index (χ0v) is 13.3. The van der Waals surface area contributed by atoms with Crippen LogP contribution in [0.15, 0.2) is 42.5 Å². The van der Waals surface area contributed by atoms with Crippen LogP contribution in [-0.2, 0) is 22.4 Å². The van der Waals surface area contributed by atoms with Crippen molar-refractivity contribution in [2.75, 3.05) is 0 Å². The fourth-order valence-corrected chi connectivity index (χ4v) is 2.44. The van der Waals surface area contributed by atoms with Gasteiger partial charge in [-0.25, -0.2) is 8.78 Å². The second kappa shape index (κ2) is 7.88. The van der Waals surface area contributed by atoms with Gasteiger partial charge in [0.05, 0.1) is 6.42 Å². The highest BCUT2D eigenvalue weighted by Crippen LogP contribution is 2.14. The quantitative estimate of drug-likeness (QED) is 0.837. The Bertz CT molecular complexity index is 748. The van der Waals surface area contributed by atoms with Crippen LogP contribution in [0.4, 0.5) is 8.78 Å². The molecule has 0 aliphatic rings. The Kier molecular flexibility index (Phi) is 5.87. The van der Waals surface area contributed by atoms with E-state index in [0.717, 1.165) is 12.1 Å². The van der Waals surface area contributed by atoms with Crippen LogP contribution < -0.4 is 11.1 Å². The minimum Gasteiger partial charge on any atom is -0.368 e. The van der Waals surface area contributed by atoms with Gasteiger partial charge in [0.25, 0.3) is 0 Å². The van der Waals surface area contributed by atoms with Crippen molar-refractivity contribution in [2.45, 2.75) is 18.9 Å². The zero-order chi connectivity index (χ0) is 17.7. The van der Waals surface area contributed by atoms with Gasteiger partial charge in [0, 0.05) is 17.0 Å². The van der Waals surface area contributed by atoms with Crippen LogP contribution in [0.1, 0.15) is 11.1 Å². The van der Waals surface area contributed by atoms with Crippen LogP contribution in [-0.4, -0.2) is 17.9 Å². The van der Waals surface area contributed by atoms with E-state index in [1.807, 2.05) is 0 Å². The van der Waals surface area contributed by atoms with Crippen molar-refractivity contribution in [1.82, 2.24) is 5.32 Å². The fourth-order valence-electron chi connectivity index (χ4n) is 2.23. The molecule has 0 aromatic heterocycles. The molecule has 0 radical (unpaired) electrons. The normalized spacial score (nSPS) is 11.8. The first-order chi connectivity index (χ1) is 11.4. The summed E-state index contributed by atoms with van der Waals surface area (Å²) in [5.74, 6) is -3.10. The van der Waals surface area contributed by atoms with Gasteiger partial charge in [-0.2, -0.15) is 0 Å². The van der Waals surface area contributed by atoms with Crippen LogP contribution in [0.3, 0.4) is 0 Å². The van der Waals surface area contributed by atoms with Gasteiger partial charge in [0.15, 0.2) is 0 Å². The number of hydrogen-bond donors (Lipinski definition) is 2. The van der Waals surface area contributed by atoms with Crippen molar-refractivity contribution < 1.29 is 18.4 Å². The summed E-state index contributed by atoms with van der Waals surface area (Å²) >= 11 is 5.87. The monoisotopic (exact) mass is 352 g/mol. The Morgan fingerprint density at radius 3 is 2.33 bits per heavy atom. The Balaban J connectivity index is 2.07. The highest BCUT2D eigenvalue weighted by atomic mass is 35.5. The first kappa shape index (κ1) is 17.9.